The molecule has 0 fully saturated rings. The molecule has 19 heavy (non-hydrogen) atoms. The van der Waals surface area contributed by atoms with E-state index in [1.165, 1.54) is 4.90 Å². The summed E-state index contributed by atoms with van der Waals surface area (Å²) in [5.74, 6) is 0.476. The number of H-pyrrole nitrogens is 1. The molecule has 0 saturated carbocycles. The van der Waals surface area contributed by atoms with Gasteiger partial charge in [-0.15, -0.1) is 0 Å². The number of aliphatic hydroxyl groups excluding tert-OH is 1. The standard InChI is InChI=1S/C13H21N3O3/c1-8(7-17)16(4)12(18)6-5-11-9(2)14-10(3)15-13(11)19/h8,17H,5-7H2,1-4H3,(H,14,15,19). The van der Waals surface area contributed by atoms with Gasteiger partial charge in [0.15, 0.2) is 0 Å². The van der Waals surface area contributed by atoms with Crippen molar-refractivity contribution in [2.75, 3.05) is 13.7 Å². The van der Waals surface area contributed by atoms with Crippen LogP contribution in [-0.4, -0.2) is 45.6 Å². The van der Waals surface area contributed by atoms with E-state index < -0.39 is 0 Å². The third-order valence-electron chi connectivity index (χ3n) is 3.25. The summed E-state index contributed by atoms with van der Waals surface area (Å²) in [6.07, 6.45) is 0.589. The van der Waals surface area contributed by atoms with Crippen LogP contribution in [0.3, 0.4) is 0 Å². The largest absolute Gasteiger partial charge is 0.394 e. The van der Waals surface area contributed by atoms with E-state index >= 15 is 0 Å². The summed E-state index contributed by atoms with van der Waals surface area (Å²) in [7, 11) is 1.65. The van der Waals surface area contributed by atoms with Crippen LogP contribution in [0.25, 0.3) is 0 Å². The molecule has 0 aromatic carbocycles. The molecule has 0 aliphatic rings. The highest BCUT2D eigenvalue weighted by molar-refractivity contribution is 5.76. The SMILES string of the molecule is Cc1nc(C)c(CCC(=O)N(C)C(C)CO)c(=O)[nH]1. The number of amides is 1. The van der Waals surface area contributed by atoms with Crippen molar-refractivity contribution < 1.29 is 9.90 Å². The van der Waals surface area contributed by atoms with E-state index in [9.17, 15) is 9.59 Å². The molecule has 0 aliphatic heterocycles. The first-order valence-electron chi connectivity index (χ1n) is 6.29. The van der Waals surface area contributed by atoms with E-state index in [1.807, 2.05) is 0 Å². The van der Waals surface area contributed by atoms with Crippen LogP contribution in [0, 0.1) is 13.8 Å². The van der Waals surface area contributed by atoms with Gasteiger partial charge in [-0.1, -0.05) is 0 Å². The Morgan fingerprint density at radius 3 is 2.63 bits per heavy atom. The molecule has 0 radical (unpaired) electrons. The minimum Gasteiger partial charge on any atom is -0.394 e. The van der Waals surface area contributed by atoms with Crippen molar-refractivity contribution in [3.63, 3.8) is 0 Å². The molecule has 1 heterocycles. The Morgan fingerprint density at radius 1 is 1.47 bits per heavy atom. The highest BCUT2D eigenvalue weighted by Crippen LogP contribution is 2.05. The maximum absolute atomic E-state index is 11.9. The predicted molar refractivity (Wildman–Crippen MR) is 72.0 cm³/mol. The van der Waals surface area contributed by atoms with Crippen LogP contribution >= 0.6 is 0 Å². The molecule has 1 aromatic rings. The summed E-state index contributed by atoms with van der Waals surface area (Å²) < 4.78 is 0. The van der Waals surface area contributed by atoms with Crippen molar-refractivity contribution in [2.24, 2.45) is 0 Å². The molecular weight excluding hydrogens is 246 g/mol. The molecule has 2 N–H and O–H groups in total. The second-order valence-corrected chi connectivity index (χ2v) is 4.75. The fourth-order valence-corrected chi connectivity index (χ4v) is 1.82. The van der Waals surface area contributed by atoms with Gasteiger partial charge in [-0.25, -0.2) is 4.98 Å². The van der Waals surface area contributed by atoms with E-state index in [0.717, 1.165) is 0 Å². The van der Waals surface area contributed by atoms with Gasteiger partial charge in [-0.2, -0.15) is 0 Å². The van der Waals surface area contributed by atoms with Gasteiger partial charge >= 0.3 is 0 Å². The first kappa shape index (κ1) is 15.4. The maximum Gasteiger partial charge on any atom is 0.254 e. The molecule has 6 heteroatoms. The van der Waals surface area contributed by atoms with Crippen molar-refractivity contribution in [2.45, 2.75) is 39.7 Å². The van der Waals surface area contributed by atoms with Crippen molar-refractivity contribution in [3.8, 4) is 0 Å². The Balaban J connectivity index is 2.73. The topological polar surface area (TPSA) is 86.3 Å². The minimum absolute atomic E-state index is 0.0755. The van der Waals surface area contributed by atoms with Crippen LogP contribution in [-0.2, 0) is 11.2 Å². The fraction of sp³-hybridized carbons (Fsp3) is 0.615. The molecule has 1 unspecified atom stereocenters. The number of rotatable bonds is 5. The Labute approximate surface area is 112 Å². The van der Waals surface area contributed by atoms with Crippen LogP contribution in [0.2, 0.25) is 0 Å². The maximum atomic E-state index is 11.9. The van der Waals surface area contributed by atoms with Gasteiger partial charge in [0.05, 0.1) is 12.6 Å². The molecule has 0 saturated heterocycles. The molecular formula is C13H21N3O3. The average Bonchev–Trinajstić information content (AvgIpc) is 2.35. The van der Waals surface area contributed by atoms with Gasteiger partial charge < -0.3 is 15.0 Å². The highest BCUT2D eigenvalue weighted by Gasteiger charge is 2.16. The first-order valence-corrected chi connectivity index (χ1v) is 6.29. The molecule has 106 valence electrons. The number of nitrogens with one attached hydrogen (secondary N) is 1. The second-order valence-electron chi connectivity index (χ2n) is 4.75. The molecule has 0 spiro atoms. The Kier molecular flexibility index (Phi) is 5.23. The summed E-state index contributed by atoms with van der Waals surface area (Å²) in [4.78, 5) is 32.0. The molecule has 0 aliphatic carbocycles. The first-order chi connectivity index (χ1) is 8.86. The van der Waals surface area contributed by atoms with Crippen LogP contribution < -0.4 is 5.56 Å². The molecule has 6 nitrogen and oxygen atoms in total. The lowest BCUT2D eigenvalue weighted by molar-refractivity contribution is -0.132. The minimum atomic E-state index is -0.219. The van der Waals surface area contributed by atoms with Crippen LogP contribution in [0.5, 0.6) is 0 Å². The van der Waals surface area contributed by atoms with Gasteiger partial charge in [0.1, 0.15) is 5.82 Å². The zero-order valence-electron chi connectivity index (χ0n) is 11.9. The number of hydrogen-bond donors (Lipinski definition) is 2. The average molecular weight is 267 g/mol. The second kappa shape index (κ2) is 6.47. The van der Waals surface area contributed by atoms with E-state index in [2.05, 4.69) is 9.97 Å². The number of hydrogen-bond acceptors (Lipinski definition) is 4. The number of aliphatic hydroxyl groups is 1. The molecule has 1 aromatic heterocycles. The van der Waals surface area contributed by atoms with Crippen molar-refractivity contribution in [1.82, 2.24) is 14.9 Å². The number of aromatic amines is 1. The number of aromatic nitrogens is 2. The Morgan fingerprint density at radius 2 is 2.11 bits per heavy atom. The van der Waals surface area contributed by atoms with Gasteiger partial charge in [-0.05, 0) is 27.2 Å². The summed E-state index contributed by atoms with van der Waals surface area (Å²) in [6, 6.07) is -0.219. The van der Waals surface area contributed by atoms with Crippen molar-refractivity contribution in [1.29, 1.82) is 0 Å². The molecule has 1 amide bonds. The monoisotopic (exact) mass is 267 g/mol. The fourth-order valence-electron chi connectivity index (χ4n) is 1.82. The highest BCUT2D eigenvalue weighted by atomic mass is 16.3. The number of carbonyl (C=O) groups excluding carboxylic acids is 1. The zero-order valence-corrected chi connectivity index (χ0v) is 11.9. The Hall–Kier alpha value is -1.69. The zero-order chi connectivity index (χ0) is 14.6. The quantitative estimate of drug-likeness (QED) is 0.795. The van der Waals surface area contributed by atoms with Gasteiger partial charge in [0.25, 0.3) is 5.56 Å². The van der Waals surface area contributed by atoms with E-state index in [0.29, 0.717) is 23.5 Å². The molecule has 1 rings (SSSR count). The smallest absolute Gasteiger partial charge is 0.254 e. The third kappa shape index (κ3) is 3.89. The lowest BCUT2D eigenvalue weighted by Crippen LogP contribution is -2.37. The van der Waals surface area contributed by atoms with E-state index in [4.69, 9.17) is 5.11 Å². The van der Waals surface area contributed by atoms with E-state index in [1.54, 1.807) is 27.8 Å². The predicted octanol–water partition coefficient (Wildman–Crippen LogP) is 0.159. The molecule has 1 atom stereocenters. The summed E-state index contributed by atoms with van der Waals surface area (Å²) in [6.45, 7) is 5.18. The van der Waals surface area contributed by atoms with Gasteiger partial charge in [0, 0.05) is 24.7 Å². The summed E-state index contributed by atoms with van der Waals surface area (Å²) in [5.41, 5.74) is 1.02. The lowest BCUT2D eigenvalue weighted by atomic mass is 10.1. The summed E-state index contributed by atoms with van der Waals surface area (Å²) >= 11 is 0. The third-order valence-corrected chi connectivity index (χ3v) is 3.25. The molecule has 0 bridgehead atoms. The van der Waals surface area contributed by atoms with Crippen LogP contribution in [0.1, 0.15) is 30.4 Å². The van der Waals surface area contributed by atoms with E-state index in [-0.39, 0.29) is 30.5 Å². The van der Waals surface area contributed by atoms with Gasteiger partial charge in [-0.3, -0.25) is 9.59 Å². The van der Waals surface area contributed by atoms with Gasteiger partial charge in [0.2, 0.25) is 5.91 Å². The lowest BCUT2D eigenvalue weighted by Gasteiger charge is -2.23. The van der Waals surface area contributed by atoms with Crippen molar-refractivity contribution >= 4 is 5.91 Å². The Bertz CT molecular complexity index is 510. The number of likely N-dealkylation sites (N-methyl/N-ethyl adjacent to an activating group) is 1. The normalized spacial score (nSPS) is 12.3. The number of carbonyl (C=O) groups is 1. The summed E-state index contributed by atoms with van der Waals surface area (Å²) in [5, 5.41) is 9.00. The number of aryl methyl sites for hydroxylation is 2. The van der Waals surface area contributed by atoms with Crippen molar-refractivity contribution in [3.05, 3.63) is 27.4 Å². The van der Waals surface area contributed by atoms with Crippen LogP contribution in [0.15, 0.2) is 4.79 Å². The number of nitrogens with zero attached hydrogens (tertiary/aromatic N) is 2. The van der Waals surface area contributed by atoms with Crippen LogP contribution in [0.4, 0.5) is 0 Å².